The fourth-order valence-electron chi connectivity index (χ4n) is 4.24. The van der Waals surface area contributed by atoms with Crippen LogP contribution in [0.25, 0.3) is 10.9 Å². The number of hydrogen-bond acceptors (Lipinski definition) is 6. The van der Waals surface area contributed by atoms with E-state index in [1.807, 2.05) is 30.3 Å². The monoisotopic (exact) mass is 457 g/mol. The Morgan fingerprint density at radius 3 is 2.76 bits per heavy atom. The van der Waals surface area contributed by atoms with Gasteiger partial charge in [0, 0.05) is 22.9 Å². The van der Waals surface area contributed by atoms with Gasteiger partial charge < -0.3 is 24.4 Å². The minimum Gasteiger partial charge on any atom is -0.496 e. The molecule has 0 spiro atoms. The van der Waals surface area contributed by atoms with Gasteiger partial charge in [-0.2, -0.15) is 0 Å². The number of carboxylic acids is 1. The number of carbonyl (C=O) groups is 1. The lowest BCUT2D eigenvalue weighted by Gasteiger charge is -2.30. The standard InChI is InChI=1S/C27H23NO6/c1-32-23-9-6-16(13-21(23)27(30)31)12-18-15-33-24-10-8-19(14-20(24)26(18)29)34-25-11-7-17-4-2-3-5-22(17)28-25/h2-11,13-14,18,26,29H,12,15H2,1H3,(H,30,31)/t18-,26-/m1/s1. The number of para-hydroxylation sites is 1. The van der Waals surface area contributed by atoms with Crippen LogP contribution in [-0.2, 0) is 6.42 Å². The molecule has 0 unspecified atom stereocenters. The average Bonchev–Trinajstić information content (AvgIpc) is 2.86. The summed E-state index contributed by atoms with van der Waals surface area (Å²) in [6.45, 7) is 0.315. The number of nitrogens with zero attached hydrogens (tertiary/aromatic N) is 1. The first-order chi connectivity index (χ1) is 16.5. The molecule has 7 nitrogen and oxygen atoms in total. The van der Waals surface area contributed by atoms with E-state index >= 15 is 0 Å². The van der Waals surface area contributed by atoms with Crippen molar-refractivity contribution < 1.29 is 29.2 Å². The molecular weight excluding hydrogens is 434 g/mol. The summed E-state index contributed by atoms with van der Waals surface area (Å²) in [4.78, 5) is 16.1. The van der Waals surface area contributed by atoms with Gasteiger partial charge in [-0.15, -0.1) is 0 Å². The molecule has 0 fully saturated rings. The minimum atomic E-state index is -1.06. The van der Waals surface area contributed by atoms with Gasteiger partial charge in [0.25, 0.3) is 0 Å². The van der Waals surface area contributed by atoms with Crippen molar-refractivity contribution >= 4 is 16.9 Å². The summed E-state index contributed by atoms with van der Waals surface area (Å²) >= 11 is 0. The first kappa shape index (κ1) is 21.7. The number of aromatic nitrogens is 1. The molecule has 0 saturated carbocycles. The van der Waals surface area contributed by atoms with Gasteiger partial charge in [0.15, 0.2) is 0 Å². The number of aliphatic hydroxyl groups is 1. The molecular formula is C27H23NO6. The first-order valence-electron chi connectivity index (χ1n) is 10.9. The summed E-state index contributed by atoms with van der Waals surface area (Å²) < 4.78 is 17.0. The largest absolute Gasteiger partial charge is 0.496 e. The van der Waals surface area contributed by atoms with Crippen LogP contribution >= 0.6 is 0 Å². The third-order valence-corrected chi connectivity index (χ3v) is 5.99. The smallest absolute Gasteiger partial charge is 0.339 e. The fourth-order valence-corrected chi connectivity index (χ4v) is 4.24. The van der Waals surface area contributed by atoms with Crippen molar-refractivity contribution in [1.29, 1.82) is 0 Å². The number of ether oxygens (including phenoxy) is 3. The Morgan fingerprint density at radius 1 is 1.09 bits per heavy atom. The number of rotatable bonds is 6. The number of methoxy groups -OCH3 is 1. The second-order valence-electron chi connectivity index (χ2n) is 8.20. The van der Waals surface area contributed by atoms with Crippen molar-refractivity contribution in [2.24, 2.45) is 5.92 Å². The van der Waals surface area contributed by atoms with Gasteiger partial charge >= 0.3 is 5.97 Å². The Kier molecular flexibility index (Phi) is 5.77. The molecule has 4 aromatic rings. The Bertz CT molecular complexity index is 1370. The SMILES string of the molecule is COc1ccc(C[C@@H]2COc3ccc(Oc4ccc5ccccc5n4)cc3[C@@H]2O)cc1C(=O)O. The Balaban J connectivity index is 1.36. The molecule has 0 amide bonds. The zero-order chi connectivity index (χ0) is 23.7. The molecule has 1 aliphatic rings. The number of aromatic carboxylic acids is 1. The van der Waals surface area contributed by atoms with Gasteiger partial charge in [0.05, 0.1) is 25.3 Å². The number of carboxylic acid groups (broad SMARTS) is 1. The normalized spacial score (nSPS) is 17.0. The minimum absolute atomic E-state index is 0.0881. The summed E-state index contributed by atoms with van der Waals surface area (Å²) in [5.74, 6) is 0.586. The summed E-state index contributed by atoms with van der Waals surface area (Å²) in [5.41, 5.74) is 2.33. The molecule has 0 saturated heterocycles. The number of fused-ring (bicyclic) bond motifs is 2. The van der Waals surface area contributed by atoms with E-state index < -0.39 is 12.1 Å². The molecule has 5 rings (SSSR count). The van der Waals surface area contributed by atoms with Gasteiger partial charge in [0.1, 0.15) is 22.8 Å². The van der Waals surface area contributed by atoms with Crippen molar-refractivity contribution in [3.63, 3.8) is 0 Å². The summed E-state index contributed by atoms with van der Waals surface area (Å²) in [6.07, 6.45) is -0.352. The Labute approximate surface area is 196 Å². The molecule has 1 aliphatic heterocycles. The van der Waals surface area contributed by atoms with Crippen LogP contribution in [0.5, 0.6) is 23.1 Å². The highest BCUT2D eigenvalue weighted by molar-refractivity contribution is 5.91. The Morgan fingerprint density at radius 2 is 1.94 bits per heavy atom. The van der Waals surface area contributed by atoms with E-state index in [0.717, 1.165) is 16.5 Å². The number of hydrogen-bond donors (Lipinski definition) is 2. The van der Waals surface area contributed by atoms with Gasteiger partial charge in [-0.3, -0.25) is 0 Å². The van der Waals surface area contributed by atoms with Crippen LogP contribution in [0.3, 0.4) is 0 Å². The van der Waals surface area contributed by atoms with Crippen LogP contribution in [0, 0.1) is 5.92 Å². The fraction of sp³-hybridized carbons (Fsp3) is 0.185. The maximum absolute atomic E-state index is 11.5. The van der Waals surface area contributed by atoms with Crippen LogP contribution in [0.1, 0.15) is 27.6 Å². The number of pyridine rings is 1. The zero-order valence-electron chi connectivity index (χ0n) is 18.5. The van der Waals surface area contributed by atoms with Gasteiger partial charge in [0.2, 0.25) is 5.88 Å². The van der Waals surface area contributed by atoms with Gasteiger partial charge in [-0.05, 0) is 54.4 Å². The molecule has 7 heteroatoms. The first-order valence-corrected chi connectivity index (χ1v) is 10.9. The predicted molar refractivity (Wildman–Crippen MR) is 126 cm³/mol. The molecule has 3 aromatic carbocycles. The molecule has 0 bridgehead atoms. The van der Waals surface area contributed by atoms with E-state index in [4.69, 9.17) is 14.2 Å². The van der Waals surface area contributed by atoms with E-state index in [1.54, 1.807) is 42.5 Å². The number of benzene rings is 3. The topological polar surface area (TPSA) is 98.1 Å². The van der Waals surface area contributed by atoms with Crippen molar-refractivity contribution in [3.05, 3.63) is 89.5 Å². The van der Waals surface area contributed by atoms with E-state index in [2.05, 4.69) is 4.98 Å². The lowest BCUT2D eigenvalue weighted by molar-refractivity contribution is 0.0506. The second-order valence-corrected chi connectivity index (χ2v) is 8.20. The maximum Gasteiger partial charge on any atom is 0.339 e. The molecule has 0 aliphatic carbocycles. The van der Waals surface area contributed by atoms with Crippen LogP contribution < -0.4 is 14.2 Å². The lowest BCUT2D eigenvalue weighted by Crippen LogP contribution is -2.27. The van der Waals surface area contributed by atoms with Gasteiger partial charge in [-0.1, -0.05) is 24.3 Å². The highest BCUT2D eigenvalue weighted by Gasteiger charge is 2.30. The summed E-state index contributed by atoms with van der Waals surface area (Å²) in [7, 11) is 1.43. The molecule has 2 N–H and O–H groups in total. The maximum atomic E-state index is 11.5. The highest BCUT2D eigenvalue weighted by Crippen LogP contribution is 2.40. The van der Waals surface area contributed by atoms with E-state index in [-0.39, 0.29) is 11.5 Å². The van der Waals surface area contributed by atoms with Crippen molar-refractivity contribution in [2.45, 2.75) is 12.5 Å². The van der Waals surface area contributed by atoms with Crippen molar-refractivity contribution in [2.75, 3.05) is 13.7 Å². The second kappa shape index (κ2) is 9.03. The van der Waals surface area contributed by atoms with Gasteiger partial charge in [-0.25, -0.2) is 9.78 Å². The van der Waals surface area contributed by atoms with Crippen molar-refractivity contribution in [1.82, 2.24) is 4.98 Å². The highest BCUT2D eigenvalue weighted by atomic mass is 16.5. The van der Waals surface area contributed by atoms with Crippen LogP contribution in [0.15, 0.2) is 72.8 Å². The van der Waals surface area contributed by atoms with Crippen LogP contribution in [-0.4, -0.2) is 34.9 Å². The number of aliphatic hydroxyl groups excluding tert-OH is 1. The molecule has 172 valence electrons. The predicted octanol–water partition coefficient (Wildman–Crippen LogP) is 5.02. The molecule has 0 radical (unpaired) electrons. The molecule has 2 heterocycles. The summed E-state index contributed by atoms with van der Waals surface area (Å²) in [5, 5.41) is 21.6. The van der Waals surface area contributed by atoms with Crippen LogP contribution in [0.2, 0.25) is 0 Å². The molecule has 1 aromatic heterocycles. The average molecular weight is 457 g/mol. The lowest BCUT2D eigenvalue weighted by atomic mass is 9.87. The summed E-state index contributed by atoms with van der Waals surface area (Å²) in [6, 6.07) is 21.9. The molecule has 2 atom stereocenters. The quantitative estimate of drug-likeness (QED) is 0.420. The Hall–Kier alpha value is -4.10. The molecule has 34 heavy (non-hydrogen) atoms. The van der Waals surface area contributed by atoms with E-state index in [1.165, 1.54) is 7.11 Å². The van der Waals surface area contributed by atoms with Crippen LogP contribution in [0.4, 0.5) is 0 Å². The van der Waals surface area contributed by atoms with E-state index in [0.29, 0.717) is 41.7 Å². The van der Waals surface area contributed by atoms with E-state index in [9.17, 15) is 15.0 Å². The third kappa shape index (κ3) is 4.25. The third-order valence-electron chi connectivity index (χ3n) is 5.99. The zero-order valence-corrected chi connectivity index (χ0v) is 18.5. The van der Waals surface area contributed by atoms with Crippen molar-refractivity contribution in [3.8, 4) is 23.1 Å².